The highest BCUT2D eigenvalue weighted by Gasteiger charge is 2.38. The van der Waals surface area contributed by atoms with Gasteiger partial charge in [-0.1, -0.05) is 11.6 Å². The van der Waals surface area contributed by atoms with Crippen LogP contribution in [0.2, 0.25) is 5.02 Å². The van der Waals surface area contributed by atoms with Crippen molar-refractivity contribution in [2.75, 3.05) is 0 Å². The van der Waals surface area contributed by atoms with Crippen LogP contribution in [0.1, 0.15) is 42.8 Å². The highest BCUT2D eigenvalue weighted by Crippen LogP contribution is 2.38. The molecule has 0 unspecified atom stereocenters. The van der Waals surface area contributed by atoms with E-state index in [0.29, 0.717) is 5.39 Å². The van der Waals surface area contributed by atoms with Crippen molar-refractivity contribution in [1.29, 1.82) is 0 Å². The molecule has 0 amide bonds. The topological polar surface area (TPSA) is 72.9 Å². The summed E-state index contributed by atoms with van der Waals surface area (Å²) in [5.41, 5.74) is -2.75. The average molecular weight is 413 g/mol. The molecular weight excluding hydrogens is 397 g/mol. The molecule has 4 rings (SSSR count). The van der Waals surface area contributed by atoms with E-state index in [1.54, 1.807) is 23.9 Å². The fraction of sp³-hybridized carbons (Fsp3) is 0.389. The van der Waals surface area contributed by atoms with Crippen molar-refractivity contribution in [3.8, 4) is 0 Å². The zero-order valence-corrected chi connectivity index (χ0v) is 15.7. The molecule has 6 nitrogen and oxygen atoms in total. The van der Waals surface area contributed by atoms with Gasteiger partial charge in [0.15, 0.2) is 11.2 Å². The highest BCUT2D eigenvalue weighted by atomic mass is 35.5. The summed E-state index contributed by atoms with van der Waals surface area (Å²) >= 11 is 5.76. The first kappa shape index (κ1) is 18.9. The summed E-state index contributed by atoms with van der Waals surface area (Å²) in [7, 11) is 1.56. The number of hydrogen-bond acceptors (Lipinski definition) is 4. The third-order valence-electron chi connectivity index (χ3n) is 5.00. The maximum atomic E-state index is 12.9. The van der Waals surface area contributed by atoms with Crippen molar-refractivity contribution in [2.45, 2.75) is 37.6 Å². The van der Waals surface area contributed by atoms with Gasteiger partial charge in [-0.3, -0.25) is 9.48 Å². The Balaban J connectivity index is 1.87. The number of alkyl halides is 3. The molecule has 10 heteroatoms. The molecule has 0 spiro atoms. The molecule has 1 N–H and O–H groups in total. The van der Waals surface area contributed by atoms with Gasteiger partial charge < -0.3 is 9.67 Å². The van der Waals surface area contributed by atoms with Gasteiger partial charge in [-0.2, -0.15) is 18.3 Å². The number of aromatic nitrogens is 4. The zero-order valence-electron chi connectivity index (χ0n) is 15.0. The first-order valence-corrected chi connectivity index (χ1v) is 8.93. The lowest BCUT2D eigenvalue weighted by molar-refractivity contribution is -0.141. The van der Waals surface area contributed by atoms with E-state index in [2.05, 4.69) is 10.1 Å². The van der Waals surface area contributed by atoms with Crippen molar-refractivity contribution in [2.24, 2.45) is 7.05 Å². The average Bonchev–Trinajstić information content (AvgIpc) is 3.36. The molecule has 1 aliphatic rings. The SMILES string of the molecule is Cn1nc2c(=O)n(C3CC3)ccc2c1[C@@](C)(O)c1cnc(C(F)(F)F)c(Cl)c1. The van der Waals surface area contributed by atoms with E-state index in [-0.39, 0.29) is 28.4 Å². The van der Waals surface area contributed by atoms with Crippen LogP contribution in [-0.2, 0) is 18.8 Å². The Kier molecular flexibility index (Phi) is 4.10. The van der Waals surface area contributed by atoms with Gasteiger partial charge >= 0.3 is 6.18 Å². The van der Waals surface area contributed by atoms with Gasteiger partial charge in [-0.05, 0) is 31.9 Å². The number of halogens is 4. The van der Waals surface area contributed by atoms with Crippen LogP contribution in [0, 0.1) is 0 Å². The molecule has 148 valence electrons. The summed E-state index contributed by atoms with van der Waals surface area (Å²) in [6, 6.07) is 2.88. The molecule has 0 bridgehead atoms. The second-order valence-electron chi connectivity index (χ2n) is 7.12. The van der Waals surface area contributed by atoms with Crippen LogP contribution < -0.4 is 5.56 Å². The Labute approximate surface area is 162 Å². The van der Waals surface area contributed by atoms with Gasteiger partial charge in [0, 0.05) is 36.4 Å². The summed E-state index contributed by atoms with van der Waals surface area (Å²) in [6.07, 6.45) is -0.258. The Morgan fingerprint density at radius 2 is 2.00 bits per heavy atom. The van der Waals surface area contributed by atoms with Crippen molar-refractivity contribution in [1.82, 2.24) is 19.3 Å². The third-order valence-corrected chi connectivity index (χ3v) is 5.28. The van der Waals surface area contributed by atoms with Gasteiger partial charge in [0.25, 0.3) is 5.56 Å². The molecular formula is C18H16ClF3N4O2. The Bertz CT molecular complexity index is 1150. The maximum Gasteiger partial charge on any atom is 0.434 e. The smallest absolute Gasteiger partial charge is 0.379 e. The van der Waals surface area contributed by atoms with E-state index in [1.807, 2.05) is 0 Å². The molecule has 3 aromatic rings. The highest BCUT2D eigenvalue weighted by molar-refractivity contribution is 6.31. The lowest BCUT2D eigenvalue weighted by atomic mass is 9.91. The Morgan fingerprint density at radius 1 is 1.32 bits per heavy atom. The number of fused-ring (bicyclic) bond motifs is 1. The molecule has 0 radical (unpaired) electrons. The van der Waals surface area contributed by atoms with E-state index >= 15 is 0 Å². The Morgan fingerprint density at radius 3 is 2.57 bits per heavy atom. The normalized spacial score (nSPS) is 17.1. The number of hydrogen-bond donors (Lipinski definition) is 1. The van der Waals surface area contributed by atoms with Gasteiger partial charge in [0.05, 0.1) is 10.7 Å². The number of nitrogens with zero attached hydrogens (tertiary/aromatic N) is 4. The molecule has 1 saturated carbocycles. The van der Waals surface area contributed by atoms with Crippen molar-refractivity contribution >= 4 is 22.5 Å². The first-order valence-electron chi connectivity index (χ1n) is 8.55. The number of aliphatic hydroxyl groups is 1. The zero-order chi connectivity index (χ0) is 20.4. The molecule has 1 aliphatic carbocycles. The number of aryl methyl sites for hydroxylation is 1. The summed E-state index contributed by atoms with van der Waals surface area (Å²) < 4.78 is 41.7. The minimum Gasteiger partial charge on any atom is -0.379 e. The minimum atomic E-state index is -4.70. The van der Waals surface area contributed by atoms with Crippen LogP contribution in [0.4, 0.5) is 13.2 Å². The Hall–Kier alpha value is -2.39. The summed E-state index contributed by atoms with van der Waals surface area (Å²) in [6.45, 7) is 1.40. The molecule has 0 aromatic carbocycles. The van der Waals surface area contributed by atoms with Crippen LogP contribution in [0.3, 0.4) is 0 Å². The maximum absolute atomic E-state index is 12.9. The van der Waals surface area contributed by atoms with E-state index in [4.69, 9.17) is 11.6 Å². The van der Waals surface area contributed by atoms with Crippen LogP contribution in [0.15, 0.2) is 29.3 Å². The van der Waals surface area contributed by atoms with Crippen LogP contribution >= 0.6 is 11.6 Å². The van der Waals surface area contributed by atoms with E-state index in [9.17, 15) is 23.1 Å². The second-order valence-corrected chi connectivity index (χ2v) is 7.53. The van der Waals surface area contributed by atoms with Crippen LogP contribution in [0.25, 0.3) is 10.9 Å². The summed E-state index contributed by atoms with van der Waals surface area (Å²) in [5, 5.41) is 15.2. The number of pyridine rings is 2. The van der Waals surface area contributed by atoms with Crippen LogP contribution in [-0.4, -0.2) is 24.4 Å². The fourth-order valence-electron chi connectivity index (χ4n) is 3.47. The molecule has 0 aliphatic heterocycles. The van der Waals surface area contributed by atoms with Crippen molar-refractivity contribution in [3.05, 3.63) is 56.9 Å². The van der Waals surface area contributed by atoms with Crippen LogP contribution in [0.5, 0.6) is 0 Å². The third kappa shape index (κ3) is 2.89. The molecule has 0 saturated heterocycles. The largest absolute Gasteiger partial charge is 0.434 e. The molecule has 1 fully saturated rings. The van der Waals surface area contributed by atoms with E-state index < -0.39 is 22.5 Å². The fourth-order valence-corrected chi connectivity index (χ4v) is 3.74. The number of rotatable bonds is 3. The van der Waals surface area contributed by atoms with E-state index in [0.717, 1.165) is 25.1 Å². The standard InChI is InChI=1S/C18H16ClF3N4O2/c1-17(28,9-7-12(19)14(23-8-9)18(20,21)22)15-11-5-6-26(10-3-4-10)16(27)13(11)24-25(15)2/h5-8,10,28H,3-4H2,1-2H3/t17-/m0/s1. The van der Waals surface area contributed by atoms with Gasteiger partial charge in [0.1, 0.15) is 5.60 Å². The van der Waals surface area contributed by atoms with Gasteiger partial charge in [0.2, 0.25) is 0 Å². The predicted molar refractivity (Wildman–Crippen MR) is 96.2 cm³/mol. The minimum absolute atomic E-state index is 0.0572. The van der Waals surface area contributed by atoms with Crippen molar-refractivity contribution < 1.29 is 18.3 Å². The predicted octanol–water partition coefficient (Wildman–Crippen LogP) is 3.39. The second kappa shape index (κ2) is 6.05. The van der Waals surface area contributed by atoms with Crippen molar-refractivity contribution in [3.63, 3.8) is 0 Å². The molecule has 28 heavy (non-hydrogen) atoms. The quantitative estimate of drug-likeness (QED) is 0.715. The lowest BCUT2D eigenvalue weighted by Gasteiger charge is -2.25. The first-order chi connectivity index (χ1) is 13.0. The van der Waals surface area contributed by atoms with E-state index in [1.165, 1.54) is 11.6 Å². The monoisotopic (exact) mass is 412 g/mol. The van der Waals surface area contributed by atoms with Gasteiger partial charge in [-0.15, -0.1) is 0 Å². The molecule has 3 heterocycles. The summed E-state index contributed by atoms with van der Waals surface area (Å²) in [5.74, 6) is 0. The lowest BCUT2D eigenvalue weighted by Crippen LogP contribution is -2.27. The molecule has 3 aromatic heterocycles. The summed E-state index contributed by atoms with van der Waals surface area (Å²) in [4.78, 5) is 16.1. The molecule has 1 atom stereocenters. The van der Waals surface area contributed by atoms with Gasteiger partial charge in [-0.25, -0.2) is 4.98 Å².